The highest BCUT2D eigenvalue weighted by atomic mass is 15.3. The van der Waals surface area contributed by atoms with E-state index in [9.17, 15) is 0 Å². The fourth-order valence-corrected chi connectivity index (χ4v) is 7.09. The SMILES string of the molecule is c1ccc(CN2CCCN(c3ncnc4[nH]ccc34)CC23CC3)cc1.c1nc(N2CCCNC3(CC3)C2)c2cc[nH]c2n1. The molecule has 2 aliphatic heterocycles. The van der Waals surface area contributed by atoms with Gasteiger partial charge in [0, 0.05) is 62.7 Å². The van der Waals surface area contributed by atoms with E-state index in [-0.39, 0.29) is 0 Å². The van der Waals surface area contributed by atoms with Gasteiger partial charge >= 0.3 is 0 Å². The van der Waals surface area contributed by atoms with Gasteiger partial charge < -0.3 is 25.1 Å². The first-order valence-corrected chi connectivity index (χ1v) is 15.8. The van der Waals surface area contributed by atoms with Crippen molar-refractivity contribution in [1.29, 1.82) is 0 Å². The van der Waals surface area contributed by atoms with Crippen molar-refractivity contribution in [3.63, 3.8) is 0 Å². The van der Waals surface area contributed by atoms with E-state index in [2.05, 4.69) is 92.4 Å². The van der Waals surface area contributed by atoms with E-state index >= 15 is 0 Å². The quantitative estimate of drug-likeness (QED) is 0.288. The molecule has 2 spiro atoms. The Morgan fingerprint density at radius 3 is 1.98 bits per heavy atom. The minimum atomic E-state index is 0.319. The number of H-pyrrole nitrogens is 2. The average Bonchev–Trinajstić information content (AvgIpc) is 3.92. The molecule has 2 aliphatic carbocycles. The standard InChI is InChI=1S/C20H23N5.C13H17N5/c1-2-5-16(6-3-1)13-25-12-4-11-24(14-20(25)8-9-20)19-17-7-10-21-18(17)22-15-23-19;1-5-17-13(3-4-13)8-18(7-1)12-10-2-6-14-11(10)15-9-16-12/h1-3,5-7,10,15H,4,8-9,11-14H2,(H,21,22,23);2,6,9,17H,1,3-5,7-8H2,(H,14,15,16). The lowest BCUT2D eigenvalue weighted by Crippen LogP contribution is -2.43. The van der Waals surface area contributed by atoms with E-state index in [0.29, 0.717) is 11.1 Å². The van der Waals surface area contributed by atoms with Gasteiger partial charge in [0.2, 0.25) is 0 Å². The highest BCUT2D eigenvalue weighted by Crippen LogP contribution is 2.45. The summed E-state index contributed by atoms with van der Waals surface area (Å²) < 4.78 is 0. The molecular formula is C33H40N10. The predicted octanol–water partition coefficient (Wildman–Crippen LogP) is 4.49. The molecule has 10 heteroatoms. The first-order chi connectivity index (χ1) is 21.2. The molecule has 6 heterocycles. The summed E-state index contributed by atoms with van der Waals surface area (Å²) in [5.41, 5.74) is 3.96. The van der Waals surface area contributed by atoms with Crippen molar-refractivity contribution in [3.8, 4) is 0 Å². The van der Waals surface area contributed by atoms with Crippen LogP contribution in [0.15, 0.2) is 67.5 Å². The fourth-order valence-electron chi connectivity index (χ4n) is 7.09. The largest absolute Gasteiger partial charge is 0.354 e. The van der Waals surface area contributed by atoms with Crippen molar-refractivity contribution in [2.75, 3.05) is 49.1 Å². The highest BCUT2D eigenvalue weighted by molar-refractivity contribution is 5.88. The third kappa shape index (κ3) is 5.34. The molecule has 4 fully saturated rings. The number of hydrogen-bond donors (Lipinski definition) is 3. The molecule has 4 aromatic heterocycles. The van der Waals surface area contributed by atoms with Crippen molar-refractivity contribution in [2.24, 2.45) is 0 Å². The summed E-state index contributed by atoms with van der Waals surface area (Å²) in [6.07, 6.45) is 14.8. The summed E-state index contributed by atoms with van der Waals surface area (Å²) in [5, 5.41) is 5.95. The molecule has 5 aromatic rings. The van der Waals surface area contributed by atoms with Crippen LogP contribution in [0.3, 0.4) is 0 Å². The van der Waals surface area contributed by atoms with E-state index < -0.39 is 0 Å². The molecule has 4 aliphatic rings. The van der Waals surface area contributed by atoms with Crippen LogP contribution < -0.4 is 15.1 Å². The second kappa shape index (κ2) is 10.9. The summed E-state index contributed by atoms with van der Waals surface area (Å²) in [6.45, 7) is 7.61. The van der Waals surface area contributed by atoms with E-state index in [1.807, 2.05) is 12.4 Å². The molecule has 0 atom stereocenters. The lowest BCUT2D eigenvalue weighted by Gasteiger charge is -2.32. The van der Waals surface area contributed by atoms with Crippen molar-refractivity contribution in [3.05, 3.63) is 73.1 Å². The smallest absolute Gasteiger partial charge is 0.142 e. The number of rotatable bonds is 4. The van der Waals surface area contributed by atoms with Crippen LogP contribution in [0.25, 0.3) is 22.1 Å². The van der Waals surface area contributed by atoms with E-state index in [1.165, 1.54) is 44.1 Å². The first kappa shape index (κ1) is 26.6. The summed E-state index contributed by atoms with van der Waals surface area (Å²) in [6, 6.07) is 15.0. The molecule has 0 unspecified atom stereocenters. The lowest BCUT2D eigenvalue weighted by atomic mass is 10.1. The van der Waals surface area contributed by atoms with E-state index in [0.717, 1.165) is 79.5 Å². The van der Waals surface area contributed by atoms with Gasteiger partial charge in [-0.05, 0) is 62.8 Å². The maximum absolute atomic E-state index is 4.62. The molecule has 1 aromatic carbocycles. The maximum Gasteiger partial charge on any atom is 0.142 e. The molecule has 43 heavy (non-hydrogen) atoms. The van der Waals surface area contributed by atoms with Crippen LogP contribution in [0.4, 0.5) is 11.6 Å². The summed E-state index contributed by atoms with van der Waals surface area (Å²) in [4.78, 5) is 31.7. The number of nitrogens with zero attached hydrogens (tertiary/aromatic N) is 7. The Labute approximate surface area is 251 Å². The lowest BCUT2D eigenvalue weighted by molar-refractivity contribution is 0.183. The maximum atomic E-state index is 4.62. The zero-order chi connectivity index (χ0) is 28.7. The van der Waals surface area contributed by atoms with Gasteiger partial charge in [-0.15, -0.1) is 0 Å². The van der Waals surface area contributed by atoms with Crippen LogP contribution in [0.5, 0.6) is 0 Å². The Hall–Kier alpha value is -4.02. The van der Waals surface area contributed by atoms with E-state index in [4.69, 9.17) is 0 Å². The minimum absolute atomic E-state index is 0.319. The normalized spacial score (nSPS) is 21.0. The van der Waals surface area contributed by atoms with Gasteiger partial charge in [-0.25, -0.2) is 19.9 Å². The topological polar surface area (TPSA) is 105 Å². The van der Waals surface area contributed by atoms with Crippen LogP contribution in [0.1, 0.15) is 44.1 Å². The summed E-state index contributed by atoms with van der Waals surface area (Å²) >= 11 is 0. The molecule has 0 bridgehead atoms. The number of hydrogen-bond acceptors (Lipinski definition) is 8. The van der Waals surface area contributed by atoms with Gasteiger partial charge in [0.05, 0.1) is 10.8 Å². The van der Waals surface area contributed by atoms with Crippen LogP contribution in [0, 0.1) is 0 Å². The summed E-state index contributed by atoms with van der Waals surface area (Å²) in [7, 11) is 0. The molecule has 2 saturated carbocycles. The Morgan fingerprint density at radius 1 is 0.674 bits per heavy atom. The third-order valence-electron chi connectivity index (χ3n) is 9.77. The van der Waals surface area contributed by atoms with Gasteiger partial charge in [-0.1, -0.05) is 30.3 Å². The van der Waals surface area contributed by atoms with Gasteiger partial charge in [-0.2, -0.15) is 0 Å². The number of anilines is 2. The van der Waals surface area contributed by atoms with Gasteiger partial charge in [0.1, 0.15) is 35.6 Å². The number of nitrogens with one attached hydrogen (secondary N) is 3. The number of aromatic amines is 2. The zero-order valence-corrected chi connectivity index (χ0v) is 24.7. The van der Waals surface area contributed by atoms with Gasteiger partial charge in [0.15, 0.2) is 0 Å². The Bertz CT molecular complexity index is 1690. The number of aromatic nitrogens is 6. The highest BCUT2D eigenvalue weighted by Gasteiger charge is 2.50. The molecule has 10 nitrogen and oxygen atoms in total. The van der Waals surface area contributed by atoms with Crippen LogP contribution >= 0.6 is 0 Å². The molecule has 0 radical (unpaired) electrons. The average molecular weight is 577 g/mol. The van der Waals surface area contributed by atoms with Crippen LogP contribution in [-0.2, 0) is 6.54 Å². The molecular weight excluding hydrogens is 536 g/mol. The number of benzene rings is 1. The van der Waals surface area contributed by atoms with Gasteiger partial charge in [-0.3, -0.25) is 4.90 Å². The van der Waals surface area contributed by atoms with Crippen LogP contribution in [0.2, 0.25) is 0 Å². The minimum Gasteiger partial charge on any atom is -0.354 e. The predicted molar refractivity (Wildman–Crippen MR) is 170 cm³/mol. The number of fused-ring (bicyclic) bond motifs is 2. The Balaban J connectivity index is 0.000000136. The van der Waals surface area contributed by atoms with Crippen molar-refractivity contribution < 1.29 is 0 Å². The van der Waals surface area contributed by atoms with Crippen molar-refractivity contribution in [2.45, 2.75) is 56.1 Å². The molecule has 9 rings (SSSR count). The molecule has 222 valence electrons. The molecule has 2 saturated heterocycles. The second-order valence-corrected chi connectivity index (χ2v) is 12.8. The molecule has 0 amide bonds. The molecule has 3 N–H and O–H groups in total. The Morgan fingerprint density at radius 2 is 1.33 bits per heavy atom. The second-order valence-electron chi connectivity index (χ2n) is 12.8. The zero-order valence-electron chi connectivity index (χ0n) is 24.7. The monoisotopic (exact) mass is 576 g/mol. The van der Waals surface area contributed by atoms with Gasteiger partial charge in [0.25, 0.3) is 0 Å². The first-order valence-electron chi connectivity index (χ1n) is 15.8. The fraction of sp³-hybridized carbons (Fsp3) is 0.455. The third-order valence-corrected chi connectivity index (χ3v) is 9.77. The summed E-state index contributed by atoms with van der Waals surface area (Å²) in [5.74, 6) is 2.16. The van der Waals surface area contributed by atoms with Crippen LogP contribution in [-0.4, -0.2) is 85.2 Å². The van der Waals surface area contributed by atoms with Crippen molar-refractivity contribution in [1.82, 2.24) is 40.1 Å². The Kier molecular flexibility index (Phi) is 6.75. The van der Waals surface area contributed by atoms with Crippen molar-refractivity contribution >= 4 is 33.7 Å². The van der Waals surface area contributed by atoms with E-state index in [1.54, 1.807) is 12.7 Å².